The molecule has 2 unspecified atom stereocenters. The van der Waals surface area contributed by atoms with Crippen LogP contribution in [0.15, 0.2) is 65.7 Å². The van der Waals surface area contributed by atoms with E-state index in [4.69, 9.17) is 32.8 Å². The number of fused-ring (bicyclic) bond motifs is 1. The lowest BCUT2D eigenvalue weighted by Gasteiger charge is -2.36. The van der Waals surface area contributed by atoms with Crippen LogP contribution in [0.5, 0.6) is 17.2 Å². The third kappa shape index (κ3) is 7.11. The molecule has 11 nitrogen and oxygen atoms in total. The molecular weight excluding hydrogens is 560 g/mol. The van der Waals surface area contributed by atoms with Gasteiger partial charge in [-0.1, -0.05) is 23.7 Å². The molecule has 1 aliphatic rings. The van der Waals surface area contributed by atoms with Crippen molar-refractivity contribution >= 4 is 34.8 Å². The number of hydrogen-bond donors (Lipinski definition) is 6. The number of benzene rings is 3. The van der Waals surface area contributed by atoms with Gasteiger partial charge in [0.25, 0.3) is 5.91 Å². The monoisotopic (exact) mass is 594 g/mol. The minimum Gasteiger partial charge on any atom is -0.504 e. The number of aromatic hydroxyl groups is 2. The van der Waals surface area contributed by atoms with Gasteiger partial charge >= 0.3 is 0 Å². The van der Waals surface area contributed by atoms with E-state index in [0.717, 1.165) is 16.8 Å². The van der Waals surface area contributed by atoms with E-state index in [2.05, 4.69) is 10.6 Å². The van der Waals surface area contributed by atoms with Crippen molar-refractivity contribution in [2.45, 2.75) is 38.1 Å². The molecule has 222 valence electrons. The van der Waals surface area contributed by atoms with Gasteiger partial charge in [0.15, 0.2) is 11.5 Å². The first kappa shape index (κ1) is 30.6. The van der Waals surface area contributed by atoms with Crippen molar-refractivity contribution in [3.63, 3.8) is 0 Å². The van der Waals surface area contributed by atoms with E-state index < -0.39 is 24.3 Å². The Morgan fingerprint density at radius 3 is 2.43 bits per heavy atom. The Balaban J connectivity index is 1.47. The molecule has 42 heavy (non-hydrogen) atoms. The Labute approximate surface area is 249 Å². The average Bonchev–Trinajstić information content (AvgIpc) is 3.08. The number of rotatable bonds is 10. The van der Waals surface area contributed by atoms with E-state index in [9.17, 15) is 19.8 Å². The molecule has 3 aromatic rings. The number of aliphatic imine (C=N–C) groups is 1. The molecule has 0 saturated carbocycles. The molecule has 0 fully saturated rings. The maximum Gasteiger partial charge on any atom is 0.251 e. The molecule has 3 atom stereocenters. The van der Waals surface area contributed by atoms with E-state index in [1.807, 2.05) is 42.2 Å². The molecule has 3 aromatic carbocycles. The standard InChI is InChI=1S/C30H35ClN6O5/c1-17(32)37-24-10-9-21(42-2)15-22(24)28(18-4-7-20(31)8-5-18)36-23(29(37)33)16-27(40)34-12-3-13-35-30(41)19-6-11-25(38)26(39)14-19/h4-11,14-15,17,23,29,38-39H,3,12-13,16,32-33H2,1-2H3,(H,34,40)(H,35,41)/t17?,23-,29?/m0/s1. The predicted octanol–water partition coefficient (Wildman–Crippen LogP) is 2.70. The number of benzodiazepines with no additional fused rings is 1. The van der Waals surface area contributed by atoms with Crippen molar-refractivity contribution in [3.8, 4) is 17.2 Å². The first-order valence-electron chi connectivity index (χ1n) is 13.5. The number of nitrogens with one attached hydrogen (secondary N) is 2. The highest BCUT2D eigenvalue weighted by atomic mass is 35.5. The fourth-order valence-electron chi connectivity index (χ4n) is 4.76. The summed E-state index contributed by atoms with van der Waals surface area (Å²) in [6.45, 7) is 2.42. The summed E-state index contributed by atoms with van der Waals surface area (Å²) < 4.78 is 5.48. The number of phenols is 2. The number of ether oxygens (including phenoxy) is 1. The first-order valence-corrected chi connectivity index (χ1v) is 13.9. The zero-order valence-electron chi connectivity index (χ0n) is 23.4. The van der Waals surface area contributed by atoms with Crippen molar-refractivity contribution in [2.75, 3.05) is 25.1 Å². The van der Waals surface area contributed by atoms with Gasteiger partial charge < -0.3 is 42.0 Å². The lowest BCUT2D eigenvalue weighted by Crippen LogP contribution is -2.56. The van der Waals surface area contributed by atoms with Gasteiger partial charge in [0.1, 0.15) is 11.9 Å². The SMILES string of the molecule is COc1ccc2c(c1)C(c1ccc(Cl)cc1)=N[C@@H](CC(=O)NCCCNC(=O)c1ccc(O)c(O)c1)C(N)N2C(C)N. The van der Waals surface area contributed by atoms with Crippen LogP contribution >= 0.6 is 11.6 Å². The minimum atomic E-state index is -0.700. The van der Waals surface area contributed by atoms with Crippen molar-refractivity contribution in [2.24, 2.45) is 16.5 Å². The highest BCUT2D eigenvalue weighted by Gasteiger charge is 2.34. The van der Waals surface area contributed by atoms with E-state index in [1.54, 1.807) is 19.2 Å². The summed E-state index contributed by atoms with van der Waals surface area (Å²) in [5.74, 6) is -0.702. The summed E-state index contributed by atoms with van der Waals surface area (Å²) in [4.78, 5) is 32.2. The largest absolute Gasteiger partial charge is 0.504 e. The van der Waals surface area contributed by atoms with Crippen LogP contribution in [0.25, 0.3) is 0 Å². The van der Waals surface area contributed by atoms with Crippen LogP contribution in [-0.2, 0) is 4.79 Å². The quantitative estimate of drug-likeness (QED) is 0.153. The fraction of sp³-hybridized carbons (Fsp3) is 0.300. The van der Waals surface area contributed by atoms with E-state index in [1.165, 1.54) is 18.2 Å². The second-order valence-corrected chi connectivity index (χ2v) is 10.4. The van der Waals surface area contributed by atoms with Gasteiger partial charge in [0.05, 0.1) is 31.4 Å². The topological polar surface area (TPSA) is 176 Å². The highest BCUT2D eigenvalue weighted by Crippen LogP contribution is 2.34. The number of amides is 2. The molecule has 1 heterocycles. The number of phenolic OH excluding ortho intramolecular Hbond substituents is 2. The molecule has 8 N–H and O–H groups in total. The molecule has 0 aliphatic carbocycles. The van der Waals surface area contributed by atoms with Gasteiger partial charge in [-0.15, -0.1) is 0 Å². The second-order valence-electron chi connectivity index (χ2n) is 9.94. The smallest absolute Gasteiger partial charge is 0.251 e. The summed E-state index contributed by atoms with van der Waals surface area (Å²) >= 11 is 6.15. The molecule has 12 heteroatoms. The maximum absolute atomic E-state index is 13.0. The van der Waals surface area contributed by atoms with Gasteiger partial charge in [-0.05, 0) is 61.9 Å². The third-order valence-electron chi connectivity index (χ3n) is 6.90. The molecule has 1 aliphatic heterocycles. The van der Waals surface area contributed by atoms with Gasteiger partial charge in [-0.25, -0.2) is 0 Å². The van der Waals surface area contributed by atoms with Crippen LogP contribution in [0.4, 0.5) is 5.69 Å². The number of nitrogens with zero attached hydrogens (tertiary/aromatic N) is 2. The number of carbonyl (C=O) groups is 2. The Morgan fingerprint density at radius 1 is 1.05 bits per heavy atom. The maximum atomic E-state index is 13.0. The Bertz CT molecular complexity index is 1460. The average molecular weight is 595 g/mol. The van der Waals surface area contributed by atoms with Crippen LogP contribution < -0.4 is 31.7 Å². The number of nitrogens with two attached hydrogens (primary N) is 2. The number of halogens is 1. The summed E-state index contributed by atoms with van der Waals surface area (Å²) in [5.41, 5.74) is 16.3. The van der Waals surface area contributed by atoms with Crippen molar-refractivity contribution < 1.29 is 24.5 Å². The van der Waals surface area contributed by atoms with Gasteiger partial charge in [-0.2, -0.15) is 0 Å². The van der Waals surface area contributed by atoms with Gasteiger partial charge in [0, 0.05) is 40.5 Å². The first-order chi connectivity index (χ1) is 20.1. The molecular formula is C30H35ClN6O5. The lowest BCUT2D eigenvalue weighted by molar-refractivity contribution is -0.121. The Morgan fingerprint density at radius 2 is 1.76 bits per heavy atom. The fourth-order valence-corrected chi connectivity index (χ4v) is 4.88. The molecule has 0 saturated heterocycles. The summed E-state index contributed by atoms with van der Waals surface area (Å²) in [6.07, 6.45) is -0.703. The number of hydrogen-bond acceptors (Lipinski definition) is 9. The third-order valence-corrected chi connectivity index (χ3v) is 7.15. The van der Waals surface area contributed by atoms with Crippen LogP contribution in [0.1, 0.15) is 41.3 Å². The zero-order valence-corrected chi connectivity index (χ0v) is 24.1. The normalized spacial score (nSPS) is 17.0. The van der Waals surface area contributed by atoms with Crippen LogP contribution in [0, 0.1) is 0 Å². The Kier molecular flexibility index (Phi) is 9.89. The summed E-state index contributed by atoms with van der Waals surface area (Å²) in [6, 6.07) is 16.1. The van der Waals surface area contributed by atoms with E-state index >= 15 is 0 Å². The van der Waals surface area contributed by atoms with Crippen molar-refractivity contribution in [1.29, 1.82) is 0 Å². The van der Waals surface area contributed by atoms with E-state index in [-0.39, 0.29) is 35.9 Å². The number of anilines is 1. The number of carbonyl (C=O) groups excluding carboxylic acids is 2. The summed E-state index contributed by atoms with van der Waals surface area (Å²) in [7, 11) is 1.59. The van der Waals surface area contributed by atoms with Crippen LogP contribution in [-0.4, -0.2) is 66.3 Å². The zero-order chi connectivity index (χ0) is 30.4. The highest BCUT2D eigenvalue weighted by molar-refractivity contribution is 6.30. The second kappa shape index (κ2) is 13.6. The molecule has 0 spiro atoms. The van der Waals surface area contributed by atoms with Crippen molar-refractivity contribution in [3.05, 3.63) is 82.4 Å². The molecule has 4 rings (SSSR count). The van der Waals surface area contributed by atoms with E-state index in [0.29, 0.717) is 29.4 Å². The van der Waals surface area contributed by atoms with Crippen LogP contribution in [0.2, 0.25) is 5.02 Å². The minimum absolute atomic E-state index is 0.00570. The molecule has 0 bridgehead atoms. The van der Waals surface area contributed by atoms with Crippen LogP contribution in [0.3, 0.4) is 0 Å². The molecule has 0 aromatic heterocycles. The molecule has 0 radical (unpaired) electrons. The number of methoxy groups -OCH3 is 1. The summed E-state index contributed by atoms with van der Waals surface area (Å²) in [5, 5.41) is 25.2. The lowest BCUT2D eigenvalue weighted by atomic mass is 9.99. The van der Waals surface area contributed by atoms with Gasteiger partial charge in [-0.3, -0.25) is 14.6 Å². The molecule has 2 amide bonds. The Hall–Kier alpha value is -4.32. The van der Waals surface area contributed by atoms with Gasteiger partial charge in [0.2, 0.25) is 5.91 Å². The van der Waals surface area contributed by atoms with Crippen molar-refractivity contribution in [1.82, 2.24) is 10.6 Å². The predicted molar refractivity (Wildman–Crippen MR) is 162 cm³/mol.